The van der Waals surface area contributed by atoms with Crippen LogP contribution < -0.4 is 0 Å². The summed E-state index contributed by atoms with van der Waals surface area (Å²) in [5.41, 5.74) is 1.37. The SMILES string of the molecule is O=C(Cc1ccccc1)N1CCN(C(=O)CC23CC4CC(CC(C4)C2)C3)CC1. The van der Waals surface area contributed by atoms with E-state index in [1.54, 1.807) is 0 Å². The van der Waals surface area contributed by atoms with Crippen LogP contribution in [0.25, 0.3) is 0 Å². The Kier molecular flexibility index (Phi) is 4.68. The van der Waals surface area contributed by atoms with E-state index < -0.39 is 0 Å². The first-order chi connectivity index (χ1) is 13.6. The number of rotatable bonds is 4. The first-order valence-electron chi connectivity index (χ1n) is 11.2. The summed E-state index contributed by atoms with van der Waals surface area (Å²) in [6.45, 7) is 2.76. The van der Waals surface area contributed by atoms with Crippen LogP contribution in [0.3, 0.4) is 0 Å². The zero-order valence-corrected chi connectivity index (χ0v) is 16.8. The third kappa shape index (κ3) is 3.58. The van der Waals surface area contributed by atoms with Gasteiger partial charge in [-0.25, -0.2) is 0 Å². The van der Waals surface area contributed by atoms with Gasteiger partial charge in [0, 0.05) is 32.6 Å². The van der Waals surface area contributed by atoms with Crippen molar-refractivity contribution in [3.8, 4) is 0 Å². The monoisotopic (exact) mass is 380 g/mol. The van der Waals surface area contributed by atoms with Crippen LogP contribution in [-0.4, -0.2) is 47.8 Å². The number of amides is 2. The van der Waals surface area contributed by atoms with E-state index in [2.05, 4.69) is 0 Å². The summed E-state index contributed by atoms with van der Waals surface area (Å²) < 4.78 is 0. The fourth-order valence-corrected chi connectivity index (χ4v) is 7.03. The van der Waals surface area contributed by atoms with Crippen LogP contribution in [0.4, 0.5) is 0 Å². The van der Waals surface area contributed by atoms with Crippen LogP contribution in [0, 0.1) is 23.2 Å². The average molecular weight is 381 g/mol. The minimum atomic E-state index is 0.180. The Morgan fingerprint density at radius 1 is 0.786 bits per heavy atom. The quantitative estimate of drug-likeness (QED) is 0.802. The summed E-state index contributed by atoms with van der Waals surface area (Å²) >= 11 is 0. The third-order valence-electron chi connectivity index (χ3n) is 7.87. The normalized spacial score (nSPS) is 33.9. The van der Waals surface area contributed by atoms with Crippen LogP contribution in [-0.2, 0) is 16.0 Å². The molecule has 6 rings (SSSR count). The van der Waals surface area contributed by atoms with Crippen molar-refractivity contribution in [3.63, 3.8) is 0 Å². The average Bonchev–Trinajstić information content (AvgIpc) is 2.67. The molecule has 0 radical (unpaired) electrons. The van der Waals surface area contributed by atoms with E-state index in [0.29, 0.717) is 43.9 Å². The molecule has 4 saturated carbocycles. The standard InChI is InChI=1S/C24H32N2O2/c27-22(13-18-4-2-1-3-5-18)25-6-8-26(9-7-25)23(28)17-24-14-19-10-20(15-24)12-21(11-19)16-24/h1-5,19-21H,6-17H2. The molecule has 0 N–H and O–H groups in total. The minimum Gasteiger partial charge on any atom is -0.339 e. The van der Waals surface area contributed by atoms with Crippen molar-refractivity contribution >= 4 is 11.8 Å². The molecule has 1 aliphatic heterocycles. The molecule has 2 amide bonds. The number of carbonyl (C=O) groups is 2. The van der Waals surface area contributed by atoms with Gasteiger partial charge in [-0.2, -0.15) is 0 Å². The summed E-state index contributed by atoms with van der Waals surface area (Å²) in [7, 11) is 0. The number of piperazine rings is 1. The largest absolute Gasteiger partial charge is 0.339 e. The summed E-state index contributed by atoms with van der Waals surface area (Å²) in [6.07, 6.45) is 9.37. The molecule has 4 heteroatoms. The molecule has 28 heavy (non-hydrogen) atoms. The number of benzene rings is 1. The molecule has 5 fully saturated rings. The third-order valence-corrected chi connectivity index (χ3v) is 7.87. The Morgan fingerprint density at radius 2 is 1.29 bits per heavy atom. The zero-order valence-electron chi connectivity index (χ0n) is 16.8. The van der Waals surface area contributed by atoms with Crippen molar-refractivity contribution in [1.29, 1.82) is 0 Å². The van der Waals surface area contributed by atoms with Crippen molar-refractivity contribution in [1.82, 2.24) is 9.80 Å². The summed E-state index contributed by atoms with van der Waals surface area (Å²) in [4.78, 5) is 29.6. The maximum absolute atomic E-state index is 13.1. The zero-order chi connectivity index (χ0) is 19.1. The van der Waals surface area contributed by atoms with Gasteiger partial charge in [-0.1, -0.05) is 30.3 Å². The van der Waals surface area contributed by atoms with Gasteiger partial charge in [-0.05, 0) is 67.3 Å². The summed E-state index contributed by atoms with van der Waals surface area (Å²) in [5, 5.41) is 0. The van der Waals surface area contributed by atoms with Crippen LogP contribution in [0.5, 0.6) is 0 Å². The fraction of sp³-hybridized carbons (Fsp3) is 0.667. The number of nitrogens with zero attached hydrogens (tertiary/aromatic N) is 2. The molecule has 1 aromatic carbocycles. The van der Waals surface area contributed by atoms with E-state index >= 15 is 0 Å². The number of hydrogen-bond acceptors (Lipinski definition) is 2. The Hall–Kier alpha value is -1.84. The maximum atomic E-state index is 13.1. The molecule has 4 aliphatic carbocycles. The van der Waals surface area contributed by atoms with Gasteiger partial charge in [-0.3, -0.25) is 9.59 Å². The smallest absolute Gasteiger partial charge is 0.227 e. The lowest BCUT2D eigenvalue weighted by Crippen LogP contribution is -2.53. The predicted molar refractivity (Wildman–Crippen MR) is 109 cm³/mol. The van der Waals surface area contributed by atoms with E-state index in [4.69, 9.17) is 0 Å². The molecule has 150 valence electrons. The first kappa shape index (κ1) is 18.2. The van der Waals surface area contributed by atoms with Crippen molar-refractivity contribution in [2.45, 2.75) is 51.4 Å². The highest BCUT2D eigenvalue weighted by Crippen LogP contribution is 2.61. The second-order valence-electron chi connectivity index (χ2n) is 10.0. The van der Waals surface area contributed by atoms with Gasteiger partial charge in [0.05, 0.1) is 6.42 Å². The molecule has 0 aromatic heterocycles. The highest BCUT2D eigenvalue weighted by Gasteiger charge is 2.51. The Bertz CT molecular complexity index is 701. The fourth-order valence-electron chi connectivity index (χ4n) is 7.03. The van der Waals surface area contributed by atoms with Crippen LogP contribution in [0.15, 0.2) is 30.3 Å². The Labute approximate surface area is 168 Å². The Balaban J connectivity index is 1.14. The molecule has 5 aliphatic rings. The van der Waals surface area contributed by atoms with Crippen molar-refractivity contribution in [3.05, 3.63) is 35.9 Å². The van der Waals surface area contributed by atoms with Crippen LogP contribution >= 0.6 is 0 Å². The second kappa shape index (κ2) is 7.20. The molecule has 4 nitrogen and oxygen atoms in total. The summed E-state index contributed by atoms with van der Waals surface area (Å²) in [5.74, 6) is 3.21. The highest BCUT2D eigenvalue weighted by atomic mass is 16.2. The minimum absolute atomic E-state index is 0.180. The number of carbonyl (C=O) groups excluding carboxylic acids is 2. The van der Waals surface area contributed by atoms with E-state index in [0.717, 1.165) is 29.7 Å². The van der Waals surface area contributed by atoms with E-state index in [-0.39, 0.29) is 5.91 Å². The topological polar surface area (TPSA) is 40.6 Å². The lowest BCUT2D eigenvalue weighted by Gasteiger charge is -2.57. The molecule has 4 bridgehead atoms. The predicted octanol–water partition coefficient (Wildman–Crippen LogP) is 3.51. The van der Waals surface area contributed by atoms with Gasteiger partial charge in [0.2, 0.25) is 11.8 Å². The molecule has 0 spiro atoms. The molecule has 0 atom stereocenters. The van der Waals surface area contributed by atoms with Crippen molar-refractivity contribution < 1.29 is 9.59 Å². The van der Waals surface area contributed by atoms with E-state index in [1.165, 1.54) is 38.5 Å². The molecular weight excluding hydrogens is 348 g/mol. The van der Waals surface area contributed by atoms with Gasteiger partial charge < -0.3 is 9.80 Å². The summed E-state index contributed by atoms with van der Waals surface area (Å²) in [6, 6.07) is 9.93. The van der Waals surface area contributed by atoms with Gasteiger partial charge in [0.25, 0.3) is 0 Å². The van der Waals surface area contributed by atoms with E-state index in [9.17, 15) is 9.59 Å². The van der Waals surface area contributed by atoms with Crippen molar-refractivity contribution in [2.24, 2.45) is 23.2 Å². The first-order valence-corrected chi connectivity index (χ1v) is 11.2. The van der Waals surface area contributed by atoms with Crippen LogP contribution in [0.1, 0.15) is 50.5 Å². The Morgan fingerprint density at radius 3 is 1.82 bits per heavy atom. The highest BCUT2D eigenvalue weighted by molar-refractivity contribution is 5.80. The molecule has 1 saturated heterocycles. The molecular formula is C24H32N2O2. The van der Waals surface area contributed by atoms with Gasteiger partial charge in [-0.15, -0.1) is 0 Å². The lowest BCUT2D eigenvalue weighted by molar-refractivity contribution is -0.144. The van der Waals surface area contributed by atoms with E-state index in [1.807, 2.05) is 40.1 Å². The molecule has 1 heterocycles. The van der Waals surface area contributed by atoms with Gasteiger partial charge in [0.1, 0.15) is 0 Å². The second-order valence-corrected chi connectivity index (χ2v) is 10.0. The van der Waals surface area contributed by atoms with Gasteiger partial charge >= 0.3 is 0 Å². The van der Waals surface area contributed by atoms with Crippen molar-refractivity contribution in [2.75, 3.05) is 26.2 Å². The number of hydrogen-bond donors (Lipinski definition) is 0. The van der Waals surface area contributed by atoms with Crippen LogP contribution in [0.2, 0.25) is 0 Å². The molecule has 1 aromatic rings. The van der Waals surface area contributed by atoms with Gasteiger partial charge in [0.15, 0.2) is 0 Å². The maximum Gasteiger partial charge on any atom is 0.227 e. The lowest BCUT2D eigenvalue weighted by atomic mass is 9.49. The molecule has 0 unspecified atom stereocenters.